The number of aromatic nitrogens is 1. The van der Waals surface area contributed by atoms with E-state index in [1.807, 2.05) is 12.1 Å². The molecule has 2 N–H and O–H groups in total. The fourth-order valence-corrected chi connectivity index (χ4v) is 2.13. The number of hydrogen-bond acceptors (Lipinski definition) is 4. The maximum atomic E-state index is 6.12. The molecule has 82 valence electrons. The summed E-state index contributed by atoms with van der Waals surface area (Å²) in [6.07, 6.45) is 0.871. The van der Waals surface area contributed by atoms with Gasteiger partial charge in [-0.2, -0.15) is 0 Å². The fraction of sp³-hybridized carbons (Fsp3) is 0.182. The average Bonchev–Trinajstić information content (AvgIpc) is 2.85. The van der Waals surface area contributed by atoms with Crippen LogP contribution in [-0.4, -0.2) is 11.8 Å². The van der Waals surface area contributed by atoms with Crippen molar-refractivity contribution in [2.75, 3.05) is 12.3 Å². The molecule has 3 rings (SSSR count). The third-order valence-electron chi connectivity index (χ3n) is 2.56. The Bertz CT molecular complexity index is 551. The van der Waals surface area contributed by atoms with Crippen molar-refractivity contribution >= 4 is 17.5 Å². The highest BCUT2D eigenvalue weighted by molar-refractivity contribution is 6.32. The topological polar surface area (TPSA) is 61.3 Å². The SMILES string of the molecule is Nc1cc(-c2cc(Cl)c3c(c2)CCO3)no1. The highest BCUT2D eigenvalue weighted by atomic mass is 35.5. The van der Waals surface area contributed by atoms with Crippen molar-refractivity contribution < 1.29 is 9.26 Å². The predicted octanol–water partition coefficient (Wildman–Crippen LogP) is 2.51. The maximum absolute atomic E-state index is 6.12. The van der Waals surface area contributed by atoms with Crippen molar-refractivity contribution in [2.24, 2.45) is 0 Å². The molecule has 0 atom stereocenters. The van der Waals surface area contributed by atoms with Gasteiger partial charge < -0.3 is 15.0 Å². The minimum absolute atomic E-state index is 0.294. The number of anilines is 1. The Balaban J connectivity index is 2.12. The average molecular weight is 237 g/mol. The largest absolute Gasteiger partial charge is 0.491 e. The van der Waals surface area contributed by atoms with E-state index < -0.39 is 0 Å². The number of benzene rings is 1. The van der Waals surface area contributed by atoms with Gasteiger partial charge in [-0.15, -0.1) is 0 Å². The van der Waals surface area contributed by atoms with Crippen LogP contribution in [-0.2, 0) is 6.42 Å². The molecule has 1 aliphatic heterocycles. The van der Waals surface area contributed by atoms with E-state index in [0.29, 0.717) is 23.2 Å². The maximum Gasteiger partial charge on any atom is 0.222 e. The Morgan fingerprint density at radius 3 is 2.94 bits per heavy atom. The Kier molecular flexibility index (Phi) is 2.04. The second-order valence-electron chi connectivity index (χ2n) is 3.66. The second-order valence-corrected chi connectivity index (χ2v) is 4.07. The van der Waals surface area contributed by atoms with Crippen LogP contribution in [0.1, 0.15) is 5.56 Å². The monoisotopic (exact) mass is 236 g/mol. The first-order chi connectivity index (χ1) is 7.74. The summed E-state index contributed by atoms with van der Waals surface area (Å²) in [5.41, 5.74) is 8.17. The molecular weight excluding hydrogens is 228 g/mol. The molecule has 1 aromatic heterocycles. The quantitative estimate of drug-likeness (QED) is 0.827. The number of hydrogen-bond donors (Lipinski definition) is 1. The predicted molar refractivity (Wildman–Crippen MR) is 60.6 cm³/mol. The summed E-state index contributed by atoms with van der Waals surface area (Å²) in [4.78, 5) is 0. The van der Waals surface area contributed by atoms with E-state index in [9.17, 15) is 0 Å². The van der Waals surface area contributed by atoms with E-state index >= 15 is 0 Å². The lowest BCUT2D eigenvalue weighted by Crippen LogP contribution is -1.86. The molecule has 0 bridgehead atoms. The number of nitrogens with zero attached hydrogens (tertiary/aromatic N) is 1. The highest BCUT2D eigenvalue weighted by Gasteiger charge is 2.18. The van der Waals surface area contributed by atoms with Crippen molar-refractivity contribution in [3.63, 3.8) is 0 Å². The van der Waals surface area contributed by atoms with Gasteiger partial charge in [0, 0.05) is 18.1 Å². The lowest BCUT2D eigenvalue weighted by atomic mass is 10.1. The van der Waals surface area contributed by atoms with Gasteiger partial charge >= 0.3 is 0 Å². The van der Waals surface area contributed by atoms with Crippen LogP contribution in [0.3, 0.4) is 0 Å². The third-order valence-corrected chi connectivity index (χ3v) is 2.84. The Labute approximate surface area is 96.9 Å². The standard InChI is InChI=1S/C11H9ClN2O2/c12-8-4-7(9-5-10(13)16-14-9)3-6-1-2-15-11(6)8/h3-5H,1-2,13H2. The summed E-state index contributed by atoms with van der Waals surface area (Å²) in [5, 5.41) is 4.46. The van der Waals surface area contributed by atoms with Gasteiger partial charge in [0.25, 0.3) is 0 Å². The van der Waals surface area contributed by atoms with Crippen molar-refractivity contribution in [2.45, 2.75) is 6.42 Å². The lowest BCUT2D eigenvalue weighted by molar-refractivity contribution is 0.357. The smallest absolute Gasteiger partial charge is 0.222 e. The summed E-state index contributed by atoms with van der Waals surface area (Å²) >= 11 is 6.12. The van der Waals surface area contributed by atoms with Gasteiger partial charge in [0.05, 0.1) is 11.6 Å². The first-order valence-electron chi connectivity index (χ1n) is 4.92. The highest BCUT2D eigenvalue weighted by Crippen LogP contribution is 2.37. The zero-order chi connectivity index (χ0) is 11.1. The summed E-state index contributed by atoms with van der Waals surface area (Å²) < 4.78 is 10.3. The minimum atomic E-state index is 0.294. The summed E-state index contributed by atoms with van der Waals surface area (Å²) in [6, 6.07) is 5.49. The van der Waals surface area contributed by atoms with Gasteiger partial charge in [0.15, 0.2) is 0 Å². The number of nitrogen functional groups attached to an aromatic ring is 1. The van der Waals surface area contributed by atoms with E-state index in [4.69, 9.17) is 26.6 Å². The molecular formula is C11H9ClN2O2. The number of ether oxygens (including phenoxy) is 1. The van der Waals surface area contributed by atoms with Crippen molar-refractivity contribution in [3.05, 3.63) is 28.8 Å². The van der Waals surface area contributed by atoms with Crippen LogP contribution in [0.15, 0.2) is 22.7 Å². The van der Waals surface area contributed by atoms with Gasteiger partial charge in [-0.1, -0.05) is 16.8 Å². The molecule has 16 heavy (non-hydrogen) atoms. The first kappa shape index (κ1) is 9.54. The van der Waals surface area contributed by atoms with Crippen LogP contribution in [0.4, 0.5) is 5.88 Å². The van der Waals surface area contributed by atoms with Gasteiger partial charge in [-0.05, 0) is 17.7 Å². The van der Waals surface area contributed by atoms with Gasteiger partial charge in [-0.25, -0.2) is 0 Å². The van der Waals surface area contributed by atoms with E-state index in [0.717, 1.165) is 23.3 Å². The molecule has 2 aromatic rings. The molecule has 0 fully saturated rings. The molecule has 2 heterocycles. The van der Waals surface area contributed by atoms with Crippen LogP contribution in [0.25, 0.3) is 11.3 Å². The van der Waals surface area contributed by atoms with E-state index in [1.54, 1.807) is 6.07 Å². The lowest BCUT2D eigenvalue weighted by Gasteiger charge is -2.03. The van der Waals surface area contributed by atoms with Crippen LogP contribution < -0.4 is 10.5 Å². The zero-order valence-electron chi connectivity index (χ0n) is 8.37. The number of halogens is 1. The Hall–Kier alpha value is -1.68. The molecule has 0 saturated heterocycles. The number of rotatable bonds is 1. The number of fused-ring (bicyclic) bond motifs is 1. The number of nitrogens with two attached hydrogens (primary N) is 1. The summed E-state index contributed by atoms with van der Waals surface area (Å²) in [5.74, 6) is 1.07. The van der Waals surface area contributed by atoms with Crippen LogP contribution in [0.2, 0.25) is 5.02 Å². The first-order valence-corrected chi connectivity index (χ1v) is 5.29. The molecule has 5 heteroatoms. The molecule has 0 radical (unpaired) electrons. The van der Waals surface area contributed by atoms with Crippen LogP contribution in [0, 0.1) is 0 Å². The molecule has 1 aromatic carbocycles. The molecule has 0 spiro atoms. The van der Waals surface area contributed by atoms with Gasteiger partial charge in [-0.3, -0.25) is 0 Å². The van der Waals surface area contributed by atoms with Crippen molar-refractivity contribution in [1.82, 2.24) is 5.16 Å². The molecule has 0 aliphatic carbocycles. The molecule has 4 nitrogen and oxygen atoms in total. The summed E-state index contributed by atoms with van der Waals surface area (Å²) in [6.45, 7) is 0.680. The zero-order valence-corrected chi connectivity index (χ0v) is 9.12. The van der Waals surface area contributed by atoms with Crippen LogP contribution in [0.5, 0.6) is 5.75 Å². The molecule has 0 amide bonds. The van der Waals surface area contributed by atoms with Crippen molar-refractivity contribution in [3.8, 4) is 17.0 Å². The third kappa shape index (κ3) is 1.42. The minimum Gasteiger partial charge on any atom is -0.491 e. The fourth-order valence-electron chi connectivity index (χ4n) is 1.83. The molecule has 1 aliphatic rings. The second kappa shape index (κ2) is 3.42. The van der Waals surface area contributed by atoms with E-state index in [2.05, 4.69) is 5.16 Å². The van der Waals surface area contributed by atoms with Gasteiger partial charge in [0.2, 0.25) is 5.88 Å². The van der Waals surface area contributed by atoms with Crippen molar-refractivity contribution in [1.29, 1.82) is 0 Å². The van der Waals surface area contributed by atoms with Gasteiger partial charge in [0.1, 0.15) is 11.4 Å². The molecule has 0 saturated carbocycles. The van der Waals surface area contributed by atoms with E-state index in [1.165, 1.54) is 0 Å². The van der Waals surface area contributed by atoms with Crippen LogP contribution >= 0.6 is 11.6 Å². The van der Waals surface area contributed by atoms with E-state index in [-0.39, 0.29) is 0 Å². The normalized spacial score (nSPS) is 13.6. The Morgan fingerprint density at radius 2 is 2.19 bits per heavy atom. The summed E-state index contributed by atoms with van der Waals surface area (Å²) in [7, 11) is 0. The molecule has 0 unspecified atom stereocenters. The Morgan fingerprint density at radius 1 is 1.31 bits per heavy atom.